The second-order valence-corrected chi connectivity index (χ2v) is 7.01. The van der Waals surface area contributed by atoms with Crippen LogP contribution >= 0.6 is 0 Å². The van der Waals surface area contributed by atoms with E-state index in [0.717, 1.165) is 11.9 Å². The average Bonchev–Trinajstić information content (AvgIpc) is 3.35. The van der Waals surface area contributed by atoms with E-state index in [9.17, 15) is 19.2 Å². The van der Waals surface area contributed by atoms with E-state index in [4.69, 9.17) is 9.68 Å². The summed E-state index contributed by atoms with van der Waals surface area (Å²) in [6.45, 7) is 0.157. The lowest BCUT2D eigenvalue weighted by molar-refractivity contribution is -0.120. The number of rotatable bonds is 7. The molecule has 0 saturated heterocycles. The summed E-state index contributed by atoms with van der Waals surface area (Å²) >= 11 is 0. The summed E-state index contributed by atoms with van der Waals surface area (Å²) in [5.41, 5.74) is 2.23. The molecule has 2 amide bonds. The van der Waals surface area contributed by atoms with Crippen LogP contribution in [0.15, 0.2) is 33.7 Å². The molecular formula is C20H16N8O5. The normalized spacial score (nSPS) is 10.8. The number of aryl methyl sites for hydroxylation is 1. The van der Waals surface area contributed by atoms with Crippen molar-refractivity contribution in [1.29, 1.82) is 5.26 Å². The number of hydrogen-bond donors (Lipinski definition) is 3. The first-order chi connectivity index (χ1) is 15.9. The van der Waals surface area contributed by atoms with E-state index < -0.39 is 23.4 Å². The zero-order chi connectivity index (χ0) is 23.5. The molecular weight excluding hydrogens is 432 g/mol. The van der Waals surface area contributed by atoms with Crippen LogP contribution < -0.4 is 16.4 Å². The van der Waals surface area contributed by atoms with Gasteiger partial charge in [-0.2, -0.15) is 10.4 Å². The second-order valence-electron chi connectivity index (χ2n) is 7.01. The number of aromatic nitrogens is 5. The standard InChI is InChI=1S/C20H16N8O5/c1-28-12-6-10(2-4-13(12)33-20(28)32)8-22-19(31)17-15-16(23-9-24-17)18(27-26-15)25-14(30)5-3-11(29)7-21/h2,4,6,9H,3,5,8H2,1H3,(H,22,31)(H2,25,26,27,30). The number of carbonyl (C=O) groups is 3. The molecule has 166 valence electrons. The van der Waals surface area contributed by atoms with Crippen molar-refractivity contribution in [2.45, 2.75) is 19.4 Å². The first kappa shape index (κ1) is 21.4. The lowest BCUT2D eigenvalue weighted by Crippen LogP contribution is -2.24. The predicted molar refractivity (Wildman–Crippen MR) is 113 cm³/mol. The number of oxazole rings is 1. The van der Waals surface area contributed by atoms with Crippen molar-refractivity contribution in [1.82, 2.24) is 30.0 Å². The number of anilines is 1. The number of H-pyrrole nitrogens is 1. The monoisotopic (exact) mass is 448 g/mol. The van der Waals surface area contributed by atoms with E-state index in [2.05, 4.69) is 30.8 Å². The predicted octanol–water partition coefficient (Wildman–Crippen LogP) is 0.539. The van der Waals surface area contributed by atoms with Gasteiger partial charge in [-0.1, -0.05) is 6.07 Å². The van der Waals surface area contributed by atoms with Crippen LogP contribution in [0.3, 0.4) is 0 Å². The fourth-order valence-corrected chi connectivity index (χ4v) is 3.12. The van der Waals surface area contributed by atoms with Crippen molar-refractivity contribution < 1.29 is 18.8 Å². The van der Waals surface area contributed by atoms with Gasteiger partial charge >= 0.3 is 5.76 Å². The van der Waals surface area contributed by atoms with Crippen LogP contribution in [0.25, 0.3) is 22.1 Å². The number of amides is 2. The van der Waals surface area contributed by atoms with Gasteiger partial charge in [-0.15, -0.1) is 0 Å². The number of nitriles is 1. The third kappa shape index (κ3) is 4.30. The first-order valence-corrected chi connectivity index (χ1v) is 9.66. The lowest BCUT2D eigenvalue weighted by Gasteiger charge is -2.06. The van der Waals surface area contributed by atoms with Crippen molar-refractivity contribution in [3.63, 3.8) is 0 Å². The number of fused-ring (bicyclic) bond motifs is 2. The van der Waals surface area contributed by atoms with Gasteiger partial charge in [-0.25, -0.2) is 14.8 Å². The first-order valence-electron chi connectivity index (χ1n) is 9.66. The minimum Gasteiger partial charge on any atom is -0.408 e. The van der Waals surface area contributed by atoms with Gasteiger partial charge in [-0.3, -0.25) is 24.0 Å². The van der Waals surface area contributed by atoms with Crippen molar-refractivity contribution in [2.75, 3.05) is 5.32 Å². The number of nitrogens with zero attached hydrogens (tertiary/aromatic N) is 5. The highest BCUT2D eigenvalue weighted by atomic mass is 16.4. The Morgan fingerprint density at radius 1 is 1.24 bits per heavy atom. The Kier molecular flexibility index (Phi) is 5.64. The van der Waals surface area contributed by atoms with Crippen LogP contribution in [0, 0.1) is 11.3 Å². The summed E-state index contributed by atoms with van der Waals surface area (Å²) in [5, 5.41) is 20.3. The minimum atomic E-state index is -0.701. The summed E-state index contributed by atoms with van der Waals surface area (Å²) in [6.07, 6.45) is 0.757. The van der Waals surface area contributed by atoms with Crippen LogP contribution in [0.1, 0.15) is 28.9 Å². The van der Waals surface area contributed by atoms with E-state index in [-0.39, 0.29) is 41.9 Å². The highest BCUT2D eigenvalue weighted by molar-refractivity contribution is 6.07. The maximum Gasteiger partial charge on any atom is 0.419 e. The molecule has 3 aromatic heterocycles. The van der Waals surface area contributed by atoms with E-state index in [1.807, 2.05) is 0 Å². The number of aromatic amines is 1. The quantitative estimate of drug-likeness (QED) is 0.339. The Bertz CT molecular complexity index is 1510. The molecule has 4 rings (SSSR count). The van der Waals surface area contributed by atoms with Gasteiger partial charge in [0.05, 0.1) is 5.52 Å². The van der Waals surface area contributed by atoms with Crippen molar-refractivity contribution in [3.8, 4) is 6.07 Å². The molecule has 0 spiro atoms. The molecule has 13 nitrogen and oxygen atoms in total. The van der Waals surface area contributed by atoms with Gasteiger partial charge in [0.2, 0.25) is 11.7 Å². The minimum absolute atomic E-state index is 0.0180. The number of carbonyl (C=O) groups excluding carboxylic acids is 3. The molecule has 4 aromatic rings. The molecule has 1 aromatic carbocycles. The molecule has 0 aliphatic carbocycles. The topological polar surface area (TPSA) is 189 Å². The molecule has 13 heteroatoms. The number of hydrogen-bond acceptors (Lipinski definition) is 9. The summed E-state index contributed by atoms with van der Waals surface area (Å²) in [4.78, 5) is 55.4. The van der Waals surface area contributed by atoms with Gasteiger partial charge in [-0.05, 0) is 17.7 Å². The Balaban J connectivity index is 1.48. The summed E-state index contributed by atoms with van der Waals surface area (Å²) in [6, 6.07) is 6.54. The van der Waals surface area contributed by atoms with Crippen LogP contribution in [-0.2, 0) is 23.2 Å². The maximum absolute atomic E-state index is 12.7. The van der Waals surface area contributed by atoms with Gasteiger partial charge in [0, 0.05) is 26.4 Å². The molecule has 0 bridgehead atoms. The van der Waals surface area contributed by atoms with Crippen LogP contribution in [0.2, 0.25) is 0 Å². The number of Topliss-reactive ketones (excluding diaryl/α,β-unsaturated/α-hetero) is 1. The Labute approximate surface area is 184 Å². The largest absolute Gasteiger partial charge is 0.419 e. The van der Waals surface area contributed by atoms with Crippen LogP contribution in [0.5, 0.6) is 0 Å². The molecule has 0 unspecified atom stereocenters. The van der Waals surface area contributed by atoms with E-state index in [0.29, 0.717) is 11.1 Å². The zero-order valence-electron chi connectivity index (χ0n) is 17.2. The third-order valence-corrected chi connectivity index (χ3v) is 4.84. The Hall–Kier alpha value is -4.86. The molecule has 33 heavy (non-hydrogen) atoms. The number of nitrogens with one attached hydrogen (secondary N) is 3. The zero-order valence-corrected chi connectivity index (χ0v) is 17.2. The molecule has 0 fully saturated rings. The lowest BCUT2D eigenvalue weighted by atomic mass is 10.2. The molecule has 0 atom stereocenters. The van der Waals surface area contributed by atoms with E-state index in [1.54, 1.807) is 25.2 Å². The number of ketones is 1. The molecule has 0 aliphatic rings. The van der Waals surface area contributed by atoms with Crippen LogP contribution in [0.4, 0.5) is 5.82 Å². The summed E-state index contributed by atoms with van der Waals surface area (Å²) in [7, 11) is 1.59. The molecule has 0 radical (unpaired) electrons. The van der Waals surface area contributed by atoms with Crippen molar-refractivity contribution in [2.24, 2.45) is 7.05 Å². The van der Waals surface area contributed by atoms with Crippen molar-refractivity contribution in [3.05, 3.63) is 46.3 Å². The molecule has 3 N–H and O–H groups in total. The highest BCUT2D eigenvalue weighted by Crippen LogP contribution is 2.20. The van der Waals surface area contributed by atoms with E-state index in [1.165, 1.54) is 10.6 Å². The van der Waals surface area contributed by atoms with Crippen LogP contribution in [-0.4, -0.2) is 42.3 Å². The smallest absolute Gasteiger partial charge is 0.408 e. The van der Waals surface area contributed by atoms with Gasteiger partial charge in [0.1, 0.15) is 23.4 Å². The van der Waals surface area contributed by atoms with Gasteiger partial charge < -0.3 is 15.1 Å². The van der Waals surface area contributed by atoms with Crippen molar-refractivity contribution >= 4 is 45.5 Å². The van der Waals surface area contributed by atoms with Gasteiger partial charge in [0.25, 0.3) is 5.91 Å². The Morgan fingerprint density at radius 2 is 2.06 bits per heavy atom. The average molecular weight is 448 g/mol. The fraction of sp³-hybridized carbons (Fsp3) is 0.200. The van der Waals surface area contributed by atoms with Gasteiger partial charge in [0.15, 0.2) is 17.1 Å². The SMILES string of the molecule is Cn1c(=O)oc2ccc(CNC(=O)c3ncnc4c(NC(=O)CCC(=O)C#N)n[nH]c34)cc21. The molecule has 0 aliphatic heterocycles. The molecule has 3 heterocycles. The van der Waals surface area contributed by atoms with E-state index >= 15 is 0 Å². The maximum atomic E-state index is 12.7. The fourth-order valence-electron chi connectivity index (χ4n) is 3.12. The molecule has 0 saturated carbocycles. The third-order valence-electron chi connectivity index (χ3n) is 4.84. The Morgan fingerprint density at radius 3 is 2.85 bits per heavy atom. The summed E-state index contributed by atoms with van der Waals surface area (Å²) in [5.74, 6) is -2.15. The number of benzene rings is 1. The highest BCUT2D eigenvalue weighted by Gasteiger charge is 2.19. The second kappa shape index (κ2) is 8.71. The summed E-state index contributed by atoms with van der Waals surface area (Å²) < 4.78 is 6.46.